The van der Waals surface area contributed by atoms with Crippen LogP contribution in [0, 0.1) is 0 Å². The van der Waals surface area contributed by atoms with Crippen molar-refractivity contribution in [2.75, 3.05) is 6.61 Å². The Hall–Kier alpha value is -1.75. The Morgan fingerprint density at radius 3 is 2.54 bits per heavy atom. The van der Waals surface area contributed by atoms with Gasteiger partial charge in [-0.05, 0) is 37.3 Å². The summed E-state index contributed by atoms with van der Waals surface area (Å²) in [4.78, 5) is 14.0. The zero-order chi connectivity index (χ0) is 17.4. The van der Waals surface area contributed by atoms with Gasteiger partial charge in [0.15, 0.2) is 0 Å². The van der Waals surface area contributed by atoms with Gasteiger partial charge >= 0.3 is 0 Å². The molecule has 5 heteroatoms. The first-order chi connectivity index (χ1) is 11.3. The van der Waals surface area contributed by atoms with E-state index in [4.69, 9.17) is 4.74 Å². The Balaban J connectivity index is 1.73. The Morgan fingerprint density at radius 1 is 1.42 bits per heavy atom. The van der Waals surface area contributed by atoms with E-state index in [1.54, 1.807) is 17.0 Å². The molecule has 1 aromatic carbocycles. The van der Waals surface area contributed by atoms with Crippen LogP contribution in [0.25, 0.3) is 0 Å². The smallest absolute Gasteiger partial charge is 0.270 e. The van der Waals surface area contributed by atoms with Gasteiger partial charge in [-0.25, -0.2) is 8.78 Å². The van der Waals surface area contributed by atoms with E-state index in [-0.39, 0.29) is 23.1 Å². The zero-order valence-electron chi connectivity index (χ0n) is 13.9. The molecule has 1 spiro atoms. The van der Waals surface area contributed by atoms with Crippen molar-refractivity contribution in [3.05, 3.63) is 48.0 Å². The van der Waals surface area contributed by atoms with E-state index in [0.717, 1.165) is 31.7 Å². The monoisotopic (exact) mass is 335 g/mol. The number of carbonyl (C=O) groups is 1. The van der Waals surface area contributed by atoms with Crippen LogP contribution in [0.5, 0.6) is 0 Å². The molecule has 2 fully saturated rings. The Bertz CT molecular complexity index is 617. The number of ether oxygens (including phenoxy) is 1. The third-order valence-electron chi connectivity index (χ3n) is 5.17. The molecule has 0 radical (unpaired) electrons. The number of amides is 1. The van der Waals surface area contributed by atoms with Gasteiger partial charge in [-0.3, -0.25) is 4.79 Å². The van der Waals surface area contributed by atoms with Crippen molar-refractivity contribution in [3.63, 3.8) is 0 Å². The number of halogens is 2. The predicted molar refractivity (Wildman–Crippen MR) is 87.7 cm³/mol. The van der Waals surface area contributed by atoms with Gasteiger partial charge in [0.2, 0.25) is 5.91 Å². The number of benzene rings is 1. The number of carbonyl (C=O) groups excluding carboxylic acids is 1. The van der Waals surface area contributed by atoms with Crippen LogP contribution in [0.4, 0.5) is 8.78 Å². The molecule has 1 amide bonds. The lowest BCUT2D eigenvalue weighted by molar-refractivity contribution is -0.129. The number of rotatable bonds is 5. The summed E-state index contributed by atoms with van der Waals surface area (Å²) in [6.45, 7) is 5.37. The maximum Gasteiger partial charge on any atom is 0.270 e. The molecule has 1 atom stereocenters. The molecule has 0 aromatic heterocycles. The van der Waals surface area contributed by atoms with Gasteiger partial charge in [0.1, 0.15) is 0 Å². The number of alkyl halides is 2. The minimum Gasteiger partial charge on any atom is -0.373 e. The van der Waals surface area contributed by atoms with Crippen molar-refractivity contribution in [2.45, 2.75) is 56.7 Å². The van der Waals surface area contributed by atoms with Crippen molar-refractivity contribution in [3.8, 4) is 0 Å². The highest BCUT2D eigenvalue weighted by molar-refractivity contribution is 5.87. The normalized spacial score (nSPS) is 22.2. The quantitative estimate of drug-likeness (QED) is 0.761. The second-order valence-electron chi connectivity index (χ2n) is 6.96. The minimum absolute atomic E-state index is 0.0168. The van der Waals surface area contributed by atoms with Crippen LogP contribution in [-0.2, 0) is 22.0 Å². The second kappa shape index (κ2) is 6.28. The lowest BCUT2D eigenvalue weighted by atomic mass is 9.77. The second-order valence-corrected chi connectivity index (χ2v) is 6.96. The standard InChI is InChI=1S/C19H23F2NO2/c1-3-17(23)22(16-11-19(24-13-16)9-4-10-19)12-14-5-7-15(8-6-14)18(2,20)21/h3,5-8,16H,1,4,9-13H2,2H3. The van der Waals surface area contributed by atoms with E-state index < -0.39 is 5.92 Å². The van der Waals surface area contributed by atoms with Gasteiger partial charge in [0, 0.05) is 19.0 Å². The lowest BCUT2D eigenvalue weighted by Crippen LogP contribution is -2.42. The summed E-state index contributed by atoms with van der Waals surface area (Å²) in [7, 11) is 0. The summed E-state index contributed by atoms with van der Waals surface area (Å²) < 4.78 is 32.6. The van der Waals surface area contributed by atoms with Gasteiger partial charge in [-0.1, -0.05) is 30.8 Å². The van der Waals surface area contributed by atoms with E-state index in [1.165, 1.54) is 24.6 Å². The fourth-order valence-electron chi connectivity index (χ4n) is 3.54. The zero-order valence-corrected chi connectivity index (χ0v) is 13.9. The molecule has 2 aliphatic rings. The lowest BCUT2D eigenvalue weighted by Gasteiger charge is -2.37. The van der Waals surface area contributed by atoms with E-state index in [0.29, 0.717) is 13.2 Å². The molecule has 24 heavy (non-hydrogen) atoms. The Morgan fingerprint density at radius 2 is 2.08 bits per heavy atom. The predicted octanol–water partition coefficient (Wildman–Crippen LogP) is 4.02. The van der Waals surface area contributed by atoms with Gasteiger partial charge in [-0.2, -0.15) is 0 Å². The van der Waals surface area contributed by atoms with Crippen molar-refractivity contribution in [2.24, 2.45) is 0 Å². The molecule has 1 unspecified atom stereocenters. The fourth-order valence-corrected chi connectivity index (χ4v) is 3.54. The first-order valence-corrected chi connectivity index (χ1v) is 8.37. The first kappa shape index (κ1) is 17.1. The molecule has 0 N–H and O–H groups in total. The maximum absolute atomic E-state index is 13.3. The highest BCUT2D eigenvalue weighted by Gasteiger charge is 2.47. The first-order valence-electron chi connectivity index (χ1n) is 8.37. The van der Waals surface area contributed by atoms with Crippen LogP contribution in [0.2, 0.25) is 0 Å². The molecule has 1 saturated heterocycles. The van der Waals surface area contributed by atoms with E-state index in [2.05, 4.69) is 6.58 Å². The fraction of sp³-hybridized carbons (Fsp3) is 0.526. The van der Waals surface area contributed by atoms with Crippen LogP contribution in [0.3, 0.4) is 0 Å². The van der Waals surface area contributed by atoms with E-state index >= 15 is 0 Å². The molecule has 1 aromatic rings. The molecular formula is C19H23F2NO2. The number of hydrogen-bond acceptors (Lipinski definition) is 2. The third-order valence-corrected chi connectivity index (χ3v) is 5.17. The summed E-state index contributed by atoms with van der Waals surface area (Å²) in [5.41, 5.74) is 0.761. The molecule has 3 nitrogen and oxygen atoms in total. The van der Waals surface area contributed by atoms with Gasteiger partial charge in [-0.15, -0.1) is 0 Å². The summed E-state index contributed by atoms with van der Waals surface area (Å²) >= 11 is 0. The largest absolute Gasteiger partial charge is 0.373 e. The Labute approximate surface area is 141 Å². The molecule has 1 saturated carbocycles. The third kappa shape index (κ3) is 3.36. The molecule has 1 heterocycles. The van der Waals surface area contributed by atoms with Gasteiger partial charge in [0.25, 0.3) is 5.92 Å². The van der Waals surface area contributed by atoms with Gasteiger partial charge in [0.05, 0.1) is 18.2 Å². The van der Waals surface area contributed by atoms with Crippen LogP contribution >= 0.6 is 0 Å². The summed E-state index contributed by atoms with van der Waals surface area (Å²) in [6.07, 6.45) is 5.44. The van der Waals surface area contributed by atoms with Gasteiger partial charge < -0.3 is 9.64 Å². The van der Waals surface area contributed by atoms with Crippen LogP contribution < -0.4 is 0 Å². The molecular weight excluding hydrogens is 312 g/mol. The van der Waals surface area contributed by atoms with E-state index in [9.17, 15) is 13.6 Å². The summed E-state index contributed by atoms with van der Waals surface area (Å²) in [5, 5.41) is 0. The Kier molecular flexibility index (Phi) is 4.47. The SMILES string of the molecule is C=CC(=O)N(Cc1ccc(C(C)(F)F)cc1)C1COC2(CCC2)C1. The van der Waals surface area contributed by atoms with Crippen LogP contribution in [-0.4, -0.2) is 29.1 Å². The van der Waals surface area contributed by atoms with Crippen molar-refractivity contribution in [1.82, 2.24) is 4.90 Å². The number of hydrogen-bond donors (Lipinski definition) is 0. The van der Waals surface area contributed by atoms with E-state index in [1.807, 2.05) is 0 Å². The van der Waals surface area contributed by atoms with Crippen molar-refractivity contribution < 1.29 is 18.3 Å². The topological polar surface area (TPSA) is 29.5 Å². The van der Waals surface area contributed by atoms with Crippen molar-refractivity contribution in [1.29, 1.82) is 0 Å². The maximum atomic E-state index is 13.3. The minimum atomic E-state index is -2.86. The van der Waals surface area contributed by atoms with Crippen molar-refractivity contribution >= 4 is 5.91 Å². The average Bonchev–Trinajstić information content (AvgIpc) is 2.97. The average molecular weight is 335 g/mol. The molecule has 1 aliphatic carbocycles. The molecule has 1 aliphatic heterocycles. The number of nitrogens with zero attached hydrogens (tertiary/aromatic N) is 1. The van der Waals surface area contributed by atoms with Crippen LogP contribution in [0.1, 0.15) is 43.7 Å². The van der Waals surface area contributed by atoms with Crippen LogP contribution in [0.15, 0.2) is 36.9 Å². The summed E-state index contributed by atoms with van der Waals surface area (Å²) in [5.74, 6) is -3.00. The highest BCUT2D eigenvalue weighted by atomic mass is 19.3. The molecule has 130 valence electrons. The molecule has 0 bridgehead atoms. The summed E-state index contributed by atoms with van der Waals surface area (Å²) in [6, 6.07) is 6.17. The highest BCUT2D eigenvalue weighted by Crippen LogP contribution is 2.44. The molecule has 3 rings (SSSR count).